The van der Waals surface area contributed by atoms with Crippen LogP contribution in [0.4, 0.5) is 0 Å². The van der Waals surface area contributed by atoms with Crippen LogP contribution in [0.5, 0.6) is 0 Å². The van der Waals surface area contributed by atoms with Crippen LogP contribution in [0.2, 0.25) is 5.54 Å². The third kappa shape index (κ3) is 12.2. The molecule has 0 aliphatic heterocycles. The lowest BCUT2D eigenvalue weighted by Crippen LogP contribution is -2.50. The summed E-state index contributed by atoms with van der Waals surface area (Å²) >= 11 is 1.76. The summed E-state index contributed by atoms with van der Waals surface area (Å²) in [7, 11) is 11.9. The average Bonchev–Trinajstić information content (AvgIpc) is 3.27. The molecule has 2 rings (SSSR count). The minimum atomic E-state index is -2.64. The monoisotopic (exact) mass is 651 g/mol. The van der Waals surface area contributed by atoms with Gasteiger partial charge in [-0.15, -0.1) is 11.3 Å². The van der Waals surface area contributed by atoms with E-state index in [-0.39, 0.29) is 0 Å². The largest absolute Gasteiger partial charge is 0.503 e. The number of para-hydroxylation sites is 1. The first-order valence-electron chi connectivity index (χ1n) is 11.2. The molecule has 0 fully saturated rings. The number of fused-ring (bicyclic) bond motifs is 1. The molecule has 0 saturated heterocycles. The van der Waals surface area contributed by atoms with Crippen LogP contribution in [0.3, 0.4) is 0 Å². The van der Waals surface area contributed by atoms with Gasteiger partial charge in [-0.2, -0.15) is 0 Å². The predicted molar refractivity (Wildman–Crippen MR) is 172 cm³/mol. The lowest BCUT2D eigenvalue weighted by atomic mass is 10.3. The Morgan fingerprint density at radius 1 is 0.853 bits per heavy atom. The molecule has 0 amide bonds. The van der Waals surface area contributed by atoms with Crippen LogP contribution in [0.1, 0.15) is 53.4 Å². The zero-order valence-electron chi connectivity index (χ0n) is 19.9. The van der Waals surface area contributed by atoms with E-state index in [0.29, 0.717) is 25.4 Å². The van der Waals surface area contributed by atoms with Gasteiger partial charge >= 0.3 is 8.80 Å². The van der Waals surface area contributed by atoms with E-state index in [0.717, 1.165) is 41.3 Å². The summed E-state index contributed by atoms with van der Waals surface area (Å²) in [5, 5.41) is 0. The normalized spacial score (nSPS) is 13.1. The van der Waals surface area contributed by atoms with E-state index in [9.17, 15) is 0 Å². The summed E-state index contributed by atoms with van der Waals surface area (Å²) in [6, 6.07) is 8.30. The number of benzene rings is 1. The Bertz CT molecular complexity index is 734. The minimum absolute atomic E-state index is 0.309. The van der Waals surface area contributed by atoms with Crippen molar-refractivity contribution >= 4 is 111 Å². The molecule has 1 unspecified atom stereocenters. The first kappa shape index (κ1) is 32.2. The van der Waals surface area contributed by atoms with E-state index in [2.05, 4.69) is 50.9 Å². The van der Waals surface area contributed by atoms with Crippen molar-refractivity contribution in [3.05, 3.63) is 24.3 Å². The molecule has 4 nitrogen and oxygen atoms in total. The van der Waals surface area contributed by atoms with Gasteiger partial charge < -0.3 is 13.3 Å². The molecule has 34 heavy (non-hydrogen) atoms. The van der Waals surface area contributed by atoms with E-state index in [1.165, 1.54) is 4.70 Å². The fraction of sp³-hybridized carbons (Fsp3) is 0.650. The van der Waals surface area contributed by atoms with Crippen molar-refractivity contribution in [2.75, 3.05) is 25.6 Å². The maximum absolute atomic E-state index is 6.28. The first-order valence-corrected chi connectivity index (χ1v) is 24.2. The molecule has 0 aliphatic carbocycles. The summed E-state index contributed by atoms with van der Waals surface area (Å²) in [6.45, 7) is 10.8. The predicted octanol–water partition coefficient (Wildman–Crippen LogP) is 10.9. The second kappa shape index (κ2) is 20.0. The summed E-state index contributed by atoms with van der Waals surface area (Å²) in [5.74, 6) is 1.06. The van der Waals surface area contributed by atoms with Crippen LogP contribution in [-0.2, 0) is 13.3 Å². The second-order valence-electron chi connectivity index (χ2n) is 7.10. The van der Waals surface area contributed by atoms with Gasteiger partial charge in [0.25, 0.3) is 0 Å². The number of nitrogens with zero attached hydrogens (tertiary/aromatic N) is 1. The molecule has 0 spiro atoms. The minimum Gasteiger partial charge on any atom is -0.373 e. The summed E-state index contributed by atoms with van der Waals surface area (Å²) in [6.07, 6.45) is 4.00. The van der Waals surface area contributed by atoms with E-state index in [1.807, 2.05) is 46.3 Å². The maximum Gasteiger partial charge on any atom is 0.503 e. The molecule has 1 aromatic heterocycles. The van der Waals surface area contributed by atoms with Gasteiger partial charge in [-0.3, -0.25) is 0 Å². The highest BCUT2D eigenvalue weighted by Gasteiger charge is 2.46. The highest BCUT2D eigenvalue weighted by Crippen LogP contribution is 2.58. The first-order chi connectivity index (χ1) is 16.6. The Morgan fingerprint density at radius 3 is 2.06 bits per heavy atom. The molecule has 1 aromatic carbocycles. The number of hydrogen-bond donors (Lipinski definition) is 0. The second-order valence-corrected chi connectivity index (χ2v) is 24.5. The smallest absolute Gasteiger partial charge is 0.373 e. The standard InChI is InChI=1S/C20H33NO3S9Si/c1-5-13-22-34(23-14-6-2,24-15-7-3)17(4)12-16-25-28-30-32-33-31-29-27-20-21-18-10-8-9-11-19(18)26-20/h8-11,17H,5-7,12-16H2,1-4H3. The third-order valence-corrected chi connectivity index (χ3v) is 24.1. The van der Waals surface area contributed by atoms with E-state index < -0.39 is 8.80 Å². The third-order valence-electron chi connectivity index (χ3n) is 4.33. The molecule has 0 N–H and O–H groups in total. The van der Waals surface area contributed by atoms with Gasteiger partial charge in [-0.25, -0.2) is 4.98 Å². The lowest BCUT2D eigenvalue weighted by molar-refractivity contribution is 0.0505. The fourth-order valence-corrected chi connectivity index (χ4v) is 24.4. The molecule has 1 heterocycles. The topological polar surface area (TPSA) is 40.6 Å². The van der Waals surface area contributed by atoms with Gasteiger partial charge in [0.15, 0.2) is 4.34 Å². The quantitative estimate of drug-likeness (QED) is 0.0732. The molecule has 1 atom stereocenters. The summed E-state index contributed by atoms with van der Waals surface area (Å²) < 4.78 is 21.2. The Kier molecular flexibility index (Phi) is 18.9. The van der Waals surface area contributed by atoms with Gasteiger partial charge in [-0.05, 0) is 108 Å². The average molecular weight is 652 g/mol. The van der Waals surface area contributed by atoms with Crippen LogP contribution >= 0.6 is 91.9 Å². The molecule has 0 radical (unpaired) electrons. The van der Waals surface area contributed by atoms with Gasteiger partial charge in [0, 0.05) is 31.1 Å². The molecular formula is C20H33NO3S9Si. The molecule has 0 aliphatic rings. The van der Waals surface area contributed by atoms with E-state index in [4.69, 9.17) is 13.3 Å². The van der Waals surface area contributed by atoms with Crippen LogP contribution in [0.15, 0.2) is 28.6 Å². The van der Waals surface area contributed by atoms with Crippen molar-refractivity contribution in [3.63, 3.8) is 0 Å². The van der Waals surface area contributed by atoms with Crippen molar-refractivity contribution in [2.45, 2.75) is 63.3 Å². The molecule has 0 bridgehead atoms. The highest BCUT2D eigenvalue weighted by molar-refractivity contribution is 9.48. The highest BCUT2D eigenvalue weighted by atomic mass is 34.0. The van der Waals surface area contributed by atoms with Crippen molar-refractivity contribution in [3.8, 4) is 0 Å². The molecule has 2 aromatic rings. The molecule has 14 heteroatoms. The number of rotatable bonds is 21. The maximum atomic E-state index is 6.28. The number of hydrogen-bond acceptors (Lipinski definition) is 13. The lowest BCUT2D eigenvalue weighted by Gasteiger charge is -2.34. The van der Waals surface area contributed by atoms with Crippen molar-refractivity contribution in [2.24, 2.45) is 0 Å². The number of thiazole rings is 1. The Labute approximate surface area is 240 Å². The van der Waals surface area contributed by atoms with Crippen LogP contribution in [0, 0.1) is 0 Å². The Balaban J connectivity index is 1.58. The van der Waals surface area contributed by atoms with Crippen LogP contribution in [0.25, 0.3) is 10.2 Å². The van der Waals surface area contributed by atoms with Gasteiger partial charge in [0.05, 0.1) is 10.2 Å². The van der Waals surface area contributed by atoms with Crippen molar-refractivity contribution in [1.29, 1.82) is 0 Å². The zero-order valence-corrected chi connectivity index (χ0v) is 28.2. The molecule has 194 valence electrons. The Hall–Kier alpha value is 2.01. The van der Waals surface area contributed by atoms with Crippen molar-refractivity contribution < 1.29 is 13.3 Å². The Morgan fingerprint density at radius 2 is 1.44 bits per heavy atom. The summed E-state index contributed by atoms with van der Waals surface area (Å²) in [5.41, 5.74) is 1.40. The van der Waals surface area contributed by atoms with Gasteiger partial charge in [0.1, 0.15) is 0 Å². The molecule has 0 saturated carbocycles. The SMILES string of the molecule is CCCO[Si](OCCC)(OCCC)C(C)CCSSSSSSSSc1nc2ccccc2s1. The van der Waals surface area contributed by atoms with E-state index in [1.54, 1.807) is 51.6 Å². The van der Waals surface area contributed by atoms with Crippen LogP contribution in [-0.4, -0.2) is 39.4 Å². The van der Waals surface area contributed by atoms with E-state index >= 15 is 0 Å². The van der Waals surface area contributed by atoms with Crippen LogP contribution < -0.4 is 0 Å². The fourth-order valence-electron chi connectivity index (χ4n) is 2.72. The zero-order chi connectivity index (χ0) is 24.5. The summed E-state index contributed by atoms with van der Waals surface area (Å²) in [4.78, 5) is 4.66. The van der Waals surface area contributed by atoms with Gasteiger partial charge in [-0.1, -0.05) is 50.6 Å². The van der Waals surface area contributed by atoms with Crippen molar-refractivity contribution in [1.82, 2.24) is 4.98 Å². The number of aromatic nitrogens is 1. The van der Waals surface area contributed by atoms with Gasteiger partial charge in [0.2, 0.25) is 0 Å². The molecular weight excluding hydrogens is 619 g/mol.